The number of fused-ring (bicyclic) bond motifs is 2. The molecule has 6 heteroatoms. The maximum atomic E-state index is 11.7. The normalized spacial score (nSPS) is 14.1. The van der Waals surface area contributed by atoms with Crippen molar-refractivity contribution >= 4 is 27.5 Å². The number of ether oxygens (including phenoxy) is 1. The Labute approximate surface area is 143 Å². The highest BCUT2D eigenvalue weighted by Crippen LogP contribution is 2.39. The summed E-state index contributed by atoms with van der Waals surface area (Å²) in [4.78, 5) is 18.1. The van der Waals surface area contributed by atoms with Gasteiger partial charge in [0.1, 0.15) is 11.6 Å². The van der Waals surface area contributed by atoms with Gasteiger partial charge in [-0.05, 0) is 24.3 Å². The van der Waals surface area contributed by atoms with Gasteiger partial charge in [-0.1, -0.05) is 12.1 Å². The molecule has 0 atom stereocenters. The summed E-state index contributed by atoms with van der Waals surface area (Å²) in [6, 6.07) is 11.6. The minimum atomic E-state index is -0.00340. The summed E-state index contributed by atoms with van der Waals surface area (Å²) < 4.78 is 6.75. The van der Waals surface area contributed by atoms with Crippen LogP contribution in [0.2, 0.25) is 0 Å². The van der Waals surface area contributed by atoms with Crippen molar-refractivity contribution in [2.75, 3.05) is 13.2 Å². The van der Waals surface area contributed by atoms with Gasteiger partial charge >= 0.3 is 0 Å². The fourth-order valence-electron chi connectivity index (χ4n) is 2.89. The Morgan fingerprint density at radius 1 is 1.33 bits per heavy atom. The Kier molecular flexibility index (Phi) is 3.61. The molecule has 0 bridgehead atoms. The van der Waals surface area contributed by atoms with Gasteiger partial charge in [-0.15, -0.1) is 11.3 Å². The van der Waals surface area contributed by atoms with Gasteiger partial charge in [-0.3, -0.25) is 4.79 Å². The Balaban J connectivity index is 1.80. The van der Waals surface area contributed by atoms with Crippen LogP contribution in [0.4, 0.5) is 0 Å². The summed E-state index contributed by atoms with van der Waals surface area (Å²) in [5.41, 5.74) is 2.58. The van der Waals surface area contributed by atoms with Crippen molar-refractivity contribution in [2.24, 2.45) is 0 Å². The van der Waals surface area contributed by atoms with Gasteiger partial charge in [-0.2, -0.15) is 0 Å². The quantitative estimate of drug-likeness (QED) is 0.737. The van der Waals surface area contributed by atoms with E-state index in [1.54, 1.807) is 29.2 Å². The summed E-state index contributed by atoms with van der Waals surface area (Å²) >= 11 is 1.58. The van der Waals surface area contributed by atoms with E-state index in [1.165, 1.54) is 0 Å². The Morgan fingerprint density at radius 2 is 2.17 bits per heavy atom. The lowest BCUT2D eigenvalue weighted by atomic mass is 10.1. The molecule has 0 spiro atoms. The molecule has 2 aromatic carbocycles. The van der Waals surface area contributed by atoms with Gasteiger partial charge in [0.05, 0.1) is 16.8 Å². The van der Waals surface area contributed by atoms with Gasteiger partial charge in [0.25, 0.3) is 0 Å². The number of phenols is 1. The van der Waals surface area contributed by atoms with Gasteiger partial charge < -0.3 is 14.7 Å². The molecule has 5 nitrogen and oxygen atoms in total. The molecule has 1 amide bonds. The molecular formula is C18H16N2O3S. The SMILES string of the molecule is CC(=O)N1CCOc2c(O)cc(-c3nc4ccccc4s3)cc2C1. The van der Waals surface area contributed by atoms with Crippen molar-refractivity contribution < 1.29 is 14.6 Å². The molecule has 122 valence electrons. The number of aromatic hydroxyl groups is 1. The molecule has 0 unspecified atom stereocenters. The van der Waals surface area contributed by atoms with Crippen molar-refractivity contribution in [3.05, 3.63) is 42.0 Å². The van der Waals surface area contributed by atoms with E-state index < -0.39 is 0 Å². The molecule has 2 heterocycles. The topological polar surface area (TPSA) is 62.7 Å². The van der Waals surface area contributed by atoms with Gasteiger partial charge in [0.15, 0.2) is 11.5 Å². The fourth-order valence-corrected chi connectivity index (χ4v) is 3.84. The summed E-state index contributed by atoms with van der Waals surface area (Å²) in [6.07, 6.45) is 0. The molecule has 0 radical (unpaired) electrons. The number of hydrogen-bond donors (Lipinski definition) is 1. The minimum Gasteiger partial charge on any atom is -0.504 e. The Bertz CT molecular complexity index is 902. The zero-order chi connectivity index (χ0) is 16.7. The maximum Gasteiger partial charge on any atom is 0.219 e. The van der Waals surface area contributed by atoms with Crippen LogP contribution in [0.1, 0.15) is 12.5 Å². The highest BCUT2D eigenvalue weighted by molar-refractivity contribution is 7.21. The number of rotatable bonds is 1. The smallest absolute Gasteiger partial charge is 0.219 e. The first kappa shape index (κ1) is 15.0. The molecular weight excluding hydrogens is 324 g/mol. The van der Waals surface area contributed by atoms with Gasteiger partial charge in [0.2, 0.25) is 5.91 Å². The third-order valence-electron chi connectivity index (χ3n) is 4.10. The van der Waals surface area contributed by atoms with Crippen LogP contribution in [0.25, 0.3) is 20.8 Å². The van der Waals surface area contributed by atoms with Crippen LogP contribution < -0.4 is 4.74 Å². The minimum absolute atomic E-state index is 0.00340. The molecule has 1 aliphatic rings. The number of benzene rings is 2. The standard InChI is InChI=1S/C18H16N2O3S/c1-11(21)20-6-7-23-17-13(10-20)8-12(9-15(17)22)18-19-14-4-2-3-5-16(14)24-18/h2-5,8-9,22H,6-7,10H2,1H3. The molecule has 1 N–H and O–H groups in total. The number of phenolic OH excluding ortho intramolecular Hbond substituents is 1. The van der Waals surface area contributed by atoms with E-state index in [-0.39, 0.29) is 11.7 Å². The van der Waals surface area contributed by atoms with Crippen molar-refractivity contribution in [1.82, 2.24) is 9.88 Å². The first-order valence-corrected chi connectivity index (χ1v) is 8.53. The number of thiazole rings is 1. The van der Waals surface area contributed by atoms with Crippen molar-refractivity contribution in [3.63, 3.8) is 0 Å². The van der Waals surface area contributed by atoms with Crippen LogP contribution in [0.15, 0.2) is 36.4 Å². The first-order chi connectivity index (χ1) is 11.6. The second kappa shape index (κ2) is 5.79. The third-order valence-corrected chi connectivity index (χ3v) is 5.19. The molecule has 1 aliphatic heterocycles. The van der Waals surface area contributed by atoms with Crippen molar-refractivity contribution in [1.29, 1.82) is 0 Å². The number of amides is 1. The summed E-state index contributed by atoms with van der Waals surface area (Å²) in [5.74, 6) is 0.548. The van der Waals surface area contributed by atoms with Crippen LogP contribution in [0.5, 0.6) is 11.5 Å². The molecule has 3 aromatic rings. The zero-order valence-corrected chi connectivity index (χ0v) is 14.0. The molecule has 0 saturated carbocycles. The first-order valence-electron chi connectivity index (χ1n) is 7.72. The number of carbonyl (C=O) groups excluding carboxylic acids is 1. The van der Waals surface area contributed by atoms with E-state index in [0.29, 0.717) is 25.4 Å². The van der Waals surface area contributed by atoms with E-state index in [2.05, 4.69) is 4.98 Å². The van der Waals surface area contributed by atoms with Crippen LogP contribution >= 0.6 is 11.3 Å². The summed E-state index contributed by atoms with van der Waals surface area (Å²) in [5, 5.41) is 11.2. The molecule has 0 saturated heterocycles. The zero-order valence-electron chi connectivity index (χ0n) is 13.2. The average molecular weight is 340 g/mol. The van der Waals surface area contributed by atoms with Crippen molar-refractivity contribution in [2.45, 2.75) is 13.5 Å². The predicted molar refractivity (Wildman–Crippen MR) is 93.3 cm³/mol. The number of hydrogen-bond acceptors (Lipinski definition) is 5. The Morgan fingerprint density at radius 3 is 2.96 bits per heavy atom. The molecule has 0 aliphatic carbocycles. The maximum absolute atomic E-state index is 11.7. The van der Waals surface area contributed by atoms with E-state index in [4.69, 9.17) is 4.74 Å². The number of carbonyl (C=O) groups is 1. The van der Waals surface area contributed by atoms with Crippen molar-refractivity contribution in [3.8, 4) is 22.1 Å². The fraction of sp³-hybridized carbons (Fsp3) is 0.222. The largest absolute Gasteiger partial charge is 0.504 e. The lowest BCUT2D eigenvalue weighted by Crippen LogP contribution is -2.30. The number of para-hydroxylation sites is 1. The number of nitrogens with zero attached hydrogens (tertiary/aromatic N) is 2. The monoisotopic (exact) mass is 340 g/mol. The van der Waals surface area contributed by atoms with E-state index in [1.807, 2.05) is 30.3 Å². The summed E-state index contributed by atoms with van der Waals surface area (Å²) in [6.45, 7) is 2.86. The lowest BCUT2D eigenvalue weighted by molar-refractivity contribution is -0.129. The van der Waals surface area contributed by atoms with Gasteiger partial charge in [-0.25, -0.2) is 4.98 Å². The Hall–Kier alpha value is -2.60. The third kappa shape index (κ3) is 2.59. The lowest BCUT2D eigenvalue weighted by Gasteiger charge is -2.17. The highest BCUT2D eigenvalue weighted by atomic mass is 32.1. The highest BCUT2D eigenvalue weighted by Gasteiger charge is 2.21. The summed E-state index contributed by atoms with van der Waals surface area (Å²) in [7, 11) is 0. The average Bonchev–Trinajstić information content (AvgIpc) is 2.87. The van der Waals surface area contributed by atoms with E-state index in [0.717, 1.165) is 26.4 Å². The van der Waals surface area contributed by atoms with Gasteiger partial charge in [0, 0.05) is 24.6 Å². The van der Waals surface area contributed by atoms with E-state index >= 15 is 0 Å². The van der Waals surface area contributed by atoms with Crippen LogP contribution in [-0.4, -0.2) is 34.0 Å². The number of aromatic nitrogens is 1. The van der Waals surface area contributed by atoms with Crippen LogP contribution in [0.3, 0.4) is 0 Å². The molecule has 1 aromatic heterocycles. The predicted octanol–water partition coefficient (Wildman–Crippen LogP) is 3.41. The molecule has 0 fully saturated rings. The van der Waals surface area contributed by atoms with E-state index in [9.17, 15) is 9.90 Å². The van der Waals surface area contributed by atoms with Crippen LogP contribution in [-0.2, 0) is 11.3 Å². The second-order valence-corrected chi connectivity index (χ2v) is 6.79. The van der Waals surface area contributed by atoms with Crippen LogP contribution in [0, 0.1) is 0 Å². The second-order valence-electron chi connectivity index (χ2n) is 5.76. The molecule has 24 heavy (non-hydrogen) atoms. The molecule has 4 rings (SSSR count).